The van der Waals surface area contributed by atoms with E-state index in [1.54, 1.807) is 18.9 Å². The first kappa shape index (κ1) is 14.9. The SMILES string of the molecule is COCCNCC(=O)N1CC(C)(OCC(=O)O)C1. The summed E-state index contributed by atoms with van der Waals surface area (Å²) < 4.78 is 10.1. The average molecular weight is 260 g/mol. The van der Waals surface area contributed by atoms with Crippen LogP contribution in [0.1, 0.15) is 6.92 Å². The summed E-state index contributed by atoms with van der Waals surface area (Å²) >= 11 is 0. The fraction of sp³-hybridized carbons (Fsp3) is 0.818. The van der Waals surface area contributed by atoms with Crippen LogP contribution in [-0.4, -0.2) is 74.0 Å². The Morgan fingerprint density at radius 3 is 2.67 bits per heavy atom. The number of carboxylic acid groups (broad SMARTS) is 1. The van der Waals surface area contributed by atoms with Crippen LogP contribution in [0.3, 0.4) is 0 Å². The fourth-order valence-corrected chi connectivity index (χ4v) is 1.75. The van der Waals surface area contributed by atoms with Gasteiger partial charge in [0.15, 0.2) is 0 Å². The maximum Gasteiger partial charge on any atom is 0.329 e. The molecule has 18 heavy (non-hydrogen) atoms. The molecule has 1 fully saturated rings. The first-order valence-corrected chi connectivity index (χ1v) is 5.80. The monoisotopic (exact) mass is 260 g/mol. The highest BCUT2D eigenvalue weighted by Crippen LogP contribution is 2.24. The molecular formula is C11H20N2O5. The molecule has 1 saturated heterocycles. The Bertz CT molecular complexity index is 302. The molecule has 1 heterocycles. The third-order valence-corrected chi connectivity index (χ3v) is 2.71. The molecule has 104 valence electrons. The number of nitrogens with one attached hydrogen (secondary N) is 1. The highest BCUT2D eigenvalue weighted by Gasteiger charge is 2.42. The van der Waals surface area contributed by atoms with Crippen molar-refractivity contribution in [1.82, 2.24) is 10.2 Å². The van der Waals surface area contributed by atoms with E-state index in [2.05, 4.69) is 5.32 Å². The first-order valence-electron chi connectivity index (χ1n) is 5.80. The van der Waals surface area contributed by atoms with Crippen LogP contribution in [0.2, 0.25) is 0 Å². The Morgan fingerprint density at radius 1 is 1.44 bits per heavy atom. The van der Waals surface area contributed by atoms with Crippen molar-refractivity contribution in [2.45, 2.75) is 12.5 Å². The number of carboxylic acids is 1. The van der Waals surface area contributed by atoms with Crippen LogP contribution < -0.4 is 5.32 Å². The van der Waals surface area contributed by atoms with Crippen LogP contribution in [0.15, 0.2) is 0 Å². The van der Waals surface area contributed by atoms with Crippen LogP contribution in [0.4, 0.5) is 0 Å². The number of carbonyl (C=O) groups excluding carboxylic acids is 1. The zero-order chi connectivity index (χ0) is 13.6. The van der Waals surface area contributed by atoms with Gasteiger partial charge in [-0.2, -0.15) is 0 Å². The largest absolute Gasteiger partial charge is 0.480 e. The van der Waals surface area contributed by atoms with E-state index in [9.17, 15) is 9.59 Å². The third kappa shape index (κ3) is 4.59. The van der Waals surface area contributed by atoms with Gasteiger partial charge in [0.05, 0.1) is 26.2 Å². The minimum absolute atomic E-state index is 0.0116. The van der Waals surface area contributed by atoms with E-state index < -0.39 is 11.6 Å². The van der Waals surface area contributed by atoms with Gasteiger partial charge in [-0.1, -0.05) is 0 Å². The van der Waals surface area contributed by atoms with Gasteiger partial charge in [0, 0.05) is 13.7 Å². The van der Waals surface area contributed by atoms with Gasteiger partial charge in [-0.3, -0.25) is 4.79 Å². The number of nitrogens with zero attached hydrogens (tertiary/aromatic N) is 1. The Balaban J connectivity index is 2.16. The average Bonchev–Trinajstić information content (AvgIpc) is 2.28. The molecular weight excluding hydrogens is 240 g/mol. The van der Waals surface area contributed by atoms with E-state index in [0.717, 1.165) is 0 Å². The Morgan fingerprint density at radius 2 is 2.11 bits per heavy atom. The molecule has 1 amide bonds. The van der Waals surface area contributed by atoms with Crippen LogP contribution in [0.5, 0.6) is 0 Å². The molecule has 0 aliphatic carbocycles. The molecule has 0 aromatic heterocycles. The lowest BCUT2D eigenvalue weighted by atomic mass is 9.96. The van der Waals surface area contributed by atoms with Crippen LogP contribution >= 0.6 is 0 Å². The van der Waals surface area contributed by atoms with Crippen molar-refractivity contribution in [2.24, 2.45) is 0 Å². The van der Waals surface area contributed by atoms with Crippen molar-refractivity contribution in [2.75, 3.05) is 46.5 Å². The minimum Gasteiger partial charge on any atom is -0.480 e. The molecule has 0 aromatic rings. The van der Waals surface area contributed by atoms with Crippen molar-refractivity contribution in [1.29, 1.82) is 0 Å². The summed E-state index contributed by atoms with van der Waals surface area (Å²) in [5.41, 5.74) is -0.527. The quantitative estimate of drug-likeness (QED) is 0.540. The molecule has 2 N–H and O–H groups in total. The number of aliphatic carboxylic acids is 1. The summed E-state index contributed by atoms with van der Waals surface area (Å²) in [5.74, 6) is -1.01. The van der Waals surface area contributed by atoms with Crippen molar-refractivity contribution < 1.29 is 24.2 Å². The van der Waals surface area contributed by atoms with E-state index in [-0.39, 0.29) is 19.1 Å². The van der Waals surface area contributed by atoms with E-state index in [0.29, 0.717) is 26.2 Å². The van der Waals surface area contributed by atoms with Gasteiger partial charge < -0.3 is 24.8 Å². The molecule has 0 atom stereocenters. The fourth-order valence-electron chi connectivity index (χ4n) is 1.75. The zero-order valence-electron chi connectivity index (χ0n) is 10.8. The number of carbonyl (C=O) groups is 2. The topological polar surface area (TPSA) is 88.1 Å². The van der Waals surface area contributed by atoms with Crippen molar-refractivity contribution in [3.63, 3.8) is 0 Å². The van der Waals surface area contributed by atoms with Gasteiger partial charge in [0.2, 0.25) is 5.91 Å². The number of amides is 1. The van der Waals surface area contributed by atoms with Crippen LogP contribution in [0.25, 0.3) is 0 Å². The van der Waals surface area contributed by atoms with Crippen molar-refractivity contribution >= 4 is 11.9 Å². The Kier molecular flexibility index (Phi) is 5.52. The summed E-state index contributed by atoms with van der Waals surface area (Å²) in [4.78, 5) is 23.7. The maximum absolute atomic E-state index is 11.7. The summed E-state index contributed by atoms with van der Waals surface area (Å²) in [6, 6.07) is 0. The molecule has 0 spiro atoms. The summed E-state index contributed by atoms with van der Waals surface area (Å²) in [5, 5.41) is 11.5. The Hall–Kier alpha value is -1.18. The number of ether oxygens (including phenoxy) is 2. The second kappa shape index (κ2) is 6.67. The lowest BCUT2D eigenvalue weighted by Crippen LogP contribution is -2.64. The lowest BCUT2D eigenvalue weighted by molar-refractivity contribution is -0.172. The molecule has 0 saturated carbocycles. The molecule has 0 aromatic carbocycles. The molecule has 7 heteroatoms. The summed E-state index contributed by atoms with van der Waals surface area (Å²) in [6.07, 6.45) is 0. The van der Waals surface area contributed by atoms with Gasteiger partial charge in [-0.15, -0.1) is 0 Å². The number of likely N-dealkylation sites (tertiary alicyclic amines) is 1. The number of hydrogen-bond acceptors (Lipinski definition) is 5. The highest BCUT2D eigenvalue weighted by atomic mass is 16.5. The Labute approximate surface area is 106 Å². The smallest absolute Gasteiger partial charge is 0.329 e. The first-order chi connectivity index (χ1) is 8.47. The van der Waals surface area contributed by atoms with Gasteiger partial charge >= 0.3 is 5.97 Å². The van der Waals surface area contributed by atoms with Crippen molar-refractivity contribution in [3.05, 3.63) is 0 Å². The molecule has 1 rings (SSSR count). The van der Waals surface area contributed by atoms with E-state index in [1.807, 2.05) is 0 Å². The van der Waals surface area contributed by atoms with Crippen LogP contribution in [-0.2, 0) is 19.1 Å². The predicted molar refractivity (Wildman–Crippen MR) is 63.3 cm³/mol. The van der Waals surface area contributed by atoms with Crippen molar-refractivity contribution in [3.8, 4) is 0 Å². The number of methoxy groups -OCH3 is 1. The van der Waals surface area contributed by atoms with Gasteiger partial charge in [0.1, 0.15) is 12.2 Å². The maximum atomic E-state index is 11.7. The second-order valence-corrected chi connectivity index (χ2v) is 4.55. The molecule has 0 bridgehead atoms. The van der Waals surface area contributed by atoms with E-state index in [4.69, 9.17) is 14.6 Å². The van der Waals surface area contributed by atoms with Crippen LogP contribution in [0, 0.1) is 0 Å². The third-order valence-electron chi connectivity index (χ3n) is 2.71. The second-order valence-electron chi connectivity index (χ2n) is 4.55. The normalized spacial score (nSPS) is 17.3. The van der Waals surface area contributed by atoms with Gasteiger partial charge in [-0.25, -0.2) is 4.79 Å². The molecule has 7 nitrogen and oxygen atoms in total. The number of hydrogen-bond donors (Lipinski definition) is 2. The highest BCUT2D eigenvalue weighted by molar-refractivity contribution is 5.79. The van der Waals surface area contributed by atoms with Gasteiger partial charge in [-0.05, 0) is 6.92 Å². The van der Waals surface area contributed by atoms with E-state index >= 15 is 0 Å². The molecule has 1 aliphatic rings. The summed E-state index contributed by atoms with van der Waals surface area (Å²) in [7, 11) is 1.60. The molecule has 0 unspecified atom stereocenters. The lowest BCUT2D eigenvalue weighted by Gasteiger charge is -2.47. The molecule has 0 radical (unpaired) electrons. The van der Waals surface area contributed by atoms with Gasteiger partial charge in [0.25, 0.3) is 0 Å². The summed E-state index contributed by atoms with van der Waals surface area (Å²) in [6.45, 7) is 3.80. The van der Waals surface area contributed by atoms with E-state index in [1.165, 1.54) is 0 Å². The standard InChI is InChI=1S/C11H20N2O5/c1-11(18-6-10(15)16)7-13(8-11)9(14)5-12-3-4-17-2/h12H,3-8H2,1-2H3,(H,15,16). The minimum atomic E-state index is -0.998. The molecule has 1 aliphatic heterocycles. The zero-order valence-corrected chi connectivity index (χ0v) is 10.8. The number of rotatable bonds is 8. The predicted octanol–water partition coefficient (Wildman–Crippen LogP) is -1.08.